The molecule has 1 atom stereocenters. The number of ether oxygens (including phenoxy) is 2. The summed E-state index contributed by atoms with van der Waals surface area (Å²) in [6.07, 6.45) is 4.45. The molecule has 0 bridgehead atoms. The number of carbonyl (C=O) groups excluding carboxylic acids is 1. The first kappa shape index (κ1) is 17.2. The molecular weight excluding hydrogens is 318 g/mol. The number of methoxy groups -OCH3 is 1. The SMILES string of the molecule is COc1ccc(CC(=O)Nc2ccc(NCC3CCCO3)nc2)cc1. The summed E-state index contributed by atoms with van der Waals surface area (Å²) in [4.78, 5) is 16.4. The zero-order valence-electron chi connectivity index (χ0n) is 14.3. The molecule has 1 aromatic heterocycles. The monoisotopic (exact) mass is 341 g/mol. The number of pyridine rings is 1. The second kappa shape index (κ2) is 8.48. The van der Waals surface area contributed by atoms with Crippen molar-refractivity contribution in [1.29, 1.82) is 0 Å². The van der Waals surface area contributed by atoms with Crippen molar-refractivity contribution < 1.29 is 14.3 Å². The van der Waals surface area contributed by atoms with E-state index in [4.69, 9.17) is 9.47 Å². The van der Waals surface area contributed by atoms with Gasteiger partial charge in [-0.15, -0.1) is 0 Å². The lowest BCUT2D eigenvalue weighted by atomic mass is 10.1. The molecule has 0 radical (unpaired) electrons. The summed E-state index contributed by atoms with van der Waals surface area (Å²) in [5.41, 5.74) is 1.61. The minimum absolute atomic E-state index is 0.0768. The largest absolute Gasteiger partial charge is 0.497 e. The summed E-state index contributed by atoms with van der Waals surface area (Å²) >= 11 is 0. The summed E-state index contributed by atoms with van der Waals surface area (Å²) in [6.45, 7) is 1.61. The summed E-state index contributed by atoms with van der Waals surface area (Å²) < 4.78 is 10.7. The fourth-order valence-electron chi connectivity index (χ4n) is 2.73. The van der Waals surface area contributed by atoms with Crippen LogP contribution in [0.15, 0.2) is 42.6 Å². The first-order chi connectivity index (χ1) is 12.2. The number of carbonyl (C=O) groups is 1. The molecule has 6 nitrogen and oxygen atoms in total. The molecule has 132 valence electrons. The van der Waals surface area contributed by atoms with Gasteiger partial charge in [-0.1, -0.05) is 12.1 Å². The minimum Gasteiger partial charge on any atom is -0.497 e. The Morgan fingerprint density at radius 3 is 2.76 bits per heavy atom. The number of hydrogen-bond donors (Lipinski definition) is 2. The van der Waals surface area contributed by atoms with Crippen LogP contribution in [0.25, 0.3) is 0 Å². The molecule has 0 saturated carbocycles. The lowest BCUT2D eigenvalue weighted by Crippen LogP contribution is -2.19. The number of nitrogens with one attached hydrogen (secondary N) is 2. The maximum Gasteiger partial charge on any atom is 0.228 e. The normalized spacial score (nSPS) is 16.4. The van der Waals surface area contributed by atoms with Gasteiger partial charge in [0, 0.05) is 13.2 Å². The Labute approximate surface area is 147 Å². The van der Waals surface area contributed by atoms with Crippen molar-refractivity contribution in [3.63, 3.8) is 0 Å². The molecule has 1 saturated heterocycles. The molecule has 1 aromatic carbocycles. The molecule has 0 aliphatic carbocycles. The van der Waals surface area contributed by atoms with Crippen molar-refractivity contribution in [2.45, 2.75) is 25.4 Å². The third kappa shape index (κ3) is 5.19. The Morgan fingerprint density at radius 2 is 2.12 bits per heavy atom. The lowest BCUT2D eigenvalue weighted by molar-refractivity contribution is -0.115. The zero-order chi connectivity index (χ0) is 17.5. The van der Waals surface area contributed by atoms with Gasteiger partial charge in [0.05, 0.1) is 31.5 Å². The van der Waals surface area contributed by atoms with Crippen molar-refractivity contribution >= 4 is 17.4 Å². The van der Waals surface area contributed by atoms with Crippen LogP contribution < -0.4 is 15.4 Å². The number of anilines is 2. The molecule has 2 heterocycles. The van der Waals surface area contributed by atoms with Crippen molar-refractivity contribution in [3.8, 4) is 5.75 Å². The molecule has 1 aliphatic rings. The number of rotatable bonds is 7. The van der Waals surface area contributed by atoms with Crippen molar-refractivity contribution in [3.05, 3.63) is 48.2 Å². The molecule has 0 spiro atoms. The fourth-order valence-corrected chi connectivity index (χ4v) is 2.73. The second-order valence-electron chi connectivity index (χ2n) is 6.02. The van der Waals surface area contributed by atoms with Gasteiger partial charge in [-0.05, 0) is 42.7 Å². The Hall–Kier alpha value is -2.60. The Kier molecular flexibility index (Phi) is 5.85. The Morgan fingerprint density at radius 1 is 1.28 bits per heavy atom. The van der Waals surface area contributed by atoms with E-state index >= 15 is 0 Å². The zero-order valence-corrected chi connectivity index (χ0v) is 14.3. The highest BCUT2D eigenvalue weighted by molar-refractivity contribution is 5.92. The van der Waals surface area contributed by atoms with Crippen LogP contribution >= 0.6 is 0 Å². The third-order valence-corrected chi connectivity index (χ3v) is 4.11. The summed E-state index contributed by atoms with van der Waals surface area (Å²) in [7, 11) is 1.62. The second-order valence-corrected chi connectivity index (χ2v) is 6.02. The number of benzene rings is 1. The van der Waals surface area contributed by atoms with E-state index in [9.17, 15) is 4.79 Å². The van der Waals surface area contributed by atoms with Crippen LogP contribution in [0.1, 0.15) is 18.4 Å². The smallest absolute Gasteiger partial charge is 0.228 e. The van der Waals surface area contributed by atoms with Gasteiger partial charge in [0.25, 0.3) is 0 Å². The molecule has 1 aliphatic heterocycles. The van der Waals surface area contributed by atoms with Gasteiger partial charge in [0.1, 0.15) is 11.6 Å². The summed E-state index contributed by atoms with van der Waals surface area (Å²) in [5, 5.41) is 6.12. The molecule has 1 fully saturated rings. The van der Waals surface area contributed by atoms with E-state index in [1.54, 1.807) is 13.3 Å². The highest BCUT2D eigenvalue weighted by Gasteiger charge is 2.14. The van der Waals surface area contributed by atoms with Crippen molar-refractivity contribution in [2.75, 3.05) is 30.9 Å². The number of nitrogens with zero attached hydrogens (tertiary/aromatic N) is 1. The predicted molar refractivity (Wildman–Crippen MR) is 97.0 cm³/mol. The molecule has 2 aromatic rings. The van der Waals surface area contributed by atoms with Crippen molar-refractivity contribution in [2.24, 2.45) is 0 Å². The van der Waals surface area contributed by atoms with Gasteiger partial charge in [0.15, 0.2) is 0 Å². The maximum atomic E-state index is 12.1. The quantitative estimate of drug-likeness (QED) is 0.810. The number of amides is 1. The van der Waals surface area contributed by atoms with Crippen LogP contribution in [0.5, 0.6) is 5.75 Å². The molecule has 3 rings (SSSR count). The topological polar surface area (TPSA) is 72.5 Å². The molecule has 1 amide bonds. The summed E-state index contributed by atoms with van der Waals surface area (Å²) in [5.74, 6) is 1.48. The van der Waals surface area contributed by atoms with Gasteiger partial charge in [-0.25, -0.2) is 4.98 Å². The average Bonchev–Trinajstić information content (AvgIpc) is 3.15. The van der Waals surface area contributed by atoms with Crippen LogP contribution in [0.3, 0.4) is 0 Å². The molecule has 1 unspecified atom stereocenters. The van der Waals surface area contributed by atoms with Gasteiger partial charge < -0.3 is 20.1 Å². The highest BCUT2D eigenvalue weighted by Crippen LogP contribution is 2.15. The minimum atomic E-state index is -0.0768. The highest BCUT2D eigenvalue weighted by atomic mass is 16.5. The average molecular weight is 341 g/mol. The van der Waals surface area contributed by atoms with E-state index < -0.39 is 0 Å². The van der Waals surface area contributed by atoms with Crippen LogP contribution in [-0.2, 0) is 16.0 Å². The van der Waals surface area contributed by atoms with Crippen LogP contribution in [0, 0.1) is 0 Å². The number of aromatic nitrogens is 1. The van der Waals surface area contributed by atoms with E-state index in [-0.39, 0.29) is 12.0 Å². The van der Waals surface area contributed by atoms with Gasteiger partial charge in [0.2, 0.25) is 5.91 Å². The van der Waals surface area contributed by atoms with E-state index in [1.807, 2.05) is 36.4 Å². The van der Waals surface area contributed by atoms with Crippen LogP contribution in [-0.4, -0.2) is 37.3 Å². The maximum absolute atomic E-state index is 12.1. The molecular formula is C19H23N3O3. The molecule has 2 N–H and O–H groups in total. The standard InChI is InChI=1S/C19H23N3O3/c1-24-16-7-4-14(5-8-16)11-19(23)22-15-6-9-18(20-12-15)21-13-17-3-2-10-25-17/h4-9,12,17H,2-3,10-11,13H2,1H3,(H,20,21)(H,22,23). The van der Waals surface area contributed by atoms with Gasteiger partial charge in [-0.3, -0.25) is 4.79 Å². The Balaban J connectivity index is 1.47. The van der Waals surface area contributed by atoms with E-state index in [2.05, 4.69) is 15.6 Å². The fraction of sp³-hybridized carbons (Fsp3) is 0.368. The van der Waals surface area contributed by atoms with Gasteiger partial charge in [-0.2, -0.15) is 0 Å². The lowest BCUT2D eigenvalue weighted by Gasteiger charge is -2.11. The predicted octanol–water partition coefficient (Wildman–Crippen LogP) is 2.86. The van der Waals surface area contributed by atoms with Crippen molar-refractivity contribution in [1.82, 2.24) is 4.98 Å². The van der Waals surface area contributed by atoms with Crippen LogP contribution in [0.2, 0.25) is 0 Å². The number of hydrogen-bond acceptors (Lipinski definition) is 5. The Bertz CT molecular complexity index is 680. The van der Waals surface area contributed by atoms with E-state index in [0.717, 1.165) is 43.1 Å². The van der Waals surface area contributed by atoms with E-state index in [1.165, 1.54) is 0 Å². The van der Waals surface area contributed by atoms with Gasteiger partial charge >= 0.3 is 0 Å². The third-order valence-electron chi connectivity index (χ3n) is 4.11. The van der Waals surface area contributed by atoms with Crippen LogP contribution in [0.4, 0.5) is 11.5 Å². The molecule has 6 heteroatoms. The van der Waals surface area contributed by atoms with E-state index in [0.29, 0.717) is 12.1 Å². The summed E-state index contributed by atoms with van der Waals surface area (Å²) in [6, 6.07) is 11.2. The molecule has 25 heavy (non-hydrogen) atoms. The first-order valence-corrected chi connectivity index (χ1v) is 8.47. The first-order valence-electron chi connectivity index (χ1n) is 8.47.